The van der Waals surface area contributed by atoms with Gasteiger partial charge >= 0.3 is 6.03 Å². The van der Waals surface area contributed by atoms with Crippen LogP contribution in [0.15, 0.2) is 24.3 Å². The Bertz CT molecular complexity index is 504. The topological polar surface area (TPSA) is 61.4 Å². The van der Waals surface area contributed by atoms with Crippen LogP contribution in [0.5, 0.6) is 0 Å². The summed E-state index contributed by atoms with van der Waals surface area (Å²) in [5.41, 5.74) is 0.990. The van der Waals surface area contributed by atoms with Gasteiger partial charge in [0, 0.05) is 26.1 Å². The standard InChI is InChI=1S/C15H20FN3O2/c1-2-17-15(21)18-13-9-14(20)19(10-13)8-7-11-3-5-12(16)6-4-11/h3-6,13H,2,7-10H2,1H3,(H2,17,18,21)/t13-/m1/s1. The minimum atomic E-state index is -0.262. The third kappa shape index (κ3) is 4.44. The summed E-state index contributed by atoms with van der Waals surface area (Å²) in [7, 11) is 0. The number of benzene rings is 1. The van der Waals surface area contributed by atoms with Gasteiger partial charge in [0.2, 0.25) is 5.91 Å². The van der Waals surface area contributed by atoms with Crippen molar-refractivity contribution in [2.24, 2.45) is 0 Å². The smallest absolute Gasteiger partial charge is 0.315 e. The van der Waals surface area contributed by atoms with E-state index in [1.165, 1.54) is 12.1 Å². The molecule has 0 unspecified atom stereocenters. The Balaban J connectivity index is 1.80. The number of hydrogen-bond donors (Lipinski definition) is 2. The van der Waals surface area contributed by atoms with Crippen LogP contribution in [0, 0.1) is 5.82 Å². The number of carbonyl (C=O) groups is 2. The van der Waals surface area contributed by atoms with E-state index in [0.717, 1.165) is 5.56 Å². The average molecular weight is 293 g/mol. The van der Waals surface area contributed by atoms with E-state index in [-0.39, 0.29) is 23.8 Å². The molecule has 21 heavy (non-hydrogen) atoms. The van der Waals surface area contributed by atoms with Gasteiger partial charge in [-0.15, -0.1) is 0 Å². The van der Waals surface area contributed by atoms with E-state index in [2.05, 4.69) is 10.6 Å². The summed E-state index contributed by atoms with van der Waals surface area (Å²) in [6.45, 7) is 3.50. The lowest BCUT2D eigenvalue weighted by molar-refractivity contribution is -0.127. The van der Waals surface area contributed by atoms with Gasteiger partial charge in [0.1, 0.15) is 5.82 Å². The molecule has 0 aliphatic carbocycles. The predicted molar refractivity (Wildman–Crippen MR) is 77.3 cm³/mol. The van der Waals surface area contributed by atoms with Gasteiger partial charge in [0.15, 0.2) is 0 Å². The van der Waals surface area contributed by atoms with Crippen LogP contribution in [-0.4, -0.2) is 42.5 Å². The minimum absolute atomic E-state index is 0.0407. The van der Waals surface area contributed by atoms with E-state index in [0.29, 0.717) is 32.5 Å². The van der Waals surface area contributed by atoms with Gasteiger partial charge in [0.25, 0.3) is 0 Å². The van der Waals surface area contributed by atoms with Gasteiger partial charge in [0.05, 0.1) is 6.04 Å². The van der Waals surface area contributed by atoms with E-state index in [4.69, 9.17) is 0 Å². The van der Waals surface area contributed by atoms with Crippen molar-refractivity contribution < 1.29 is 14.0 Å². The Hall–Kier alpha value is -2.11. The maximum atomic E-state index is 12.8. The Labute approximate surface area is 123 Å². The number of nitrogens with one attached hydrogen (secondary N) is 2. The predicted octanol–water partition coefficient (Wildman–Crippen LogP) is 1.29. The Morgan fingerprint density at radius 2 is 2.10 bits per heavy atom. The molecule has 0 bridgehead atoms. The summed E-state index contributed by atoms with van der Waals surface area (Å²) in [5.74, 6) is -0.221. The minimum Gasteiger partial charge on any atom is -0.340 e. The van der Waals surface area contributed by atoms with Gasteiger partial charge in [-0.1, -0.05) is 12.1 Å². The first-order valence-electron chi connectivity index (χ1n) is 7.15. The molecule has 1 heterocycles. The van der Waals surface area contributed by atoms with E-state index >= 15 is 0 Å². The third-order valence-electron chi connectivity index (χ3n) is 3.47. The number of halogens is 1. The average Bonchev–Trinajstić information content (AvgIpc) is 2.78. The van der Waals surface area contributed by atoms with Crippen molar-refractivity contribution in [2.75, 3.05) is 19.6 Å². The third-order valence-corrected chi connectivity index (χ3v) is 3.47. The summed E-state index contributed by atoms with van der Waals surface area (Å²) in [5, 5.41) is 5.43. The fraction of sp³-hybridized carbons (Fsp3) is 0.467. The highest BCUT2D eigenvalue weighted by Gasteiger charge is 2.30. The highest BCUT2D eigenvalue weighted by atomic mass is 19.1. The molecular formula is C15H20FN3O2. The van der Waals surface area contributed by atoms with Gasteiger partial charge in [-0.25, -0.2) is 9.18 Å². The molecule has 1 fully saturated rings. The lowest BCUT2D eigenvalue weighted by Crippen LogP contribution is -2.43. The van der Waals surface area contributed by atoms with Crippen LogP contribution < -0.4 is 10.6 Å². The molecule has 0 saturated carbocycles. The quantitative estimate of drug-likeness (QED) is 0.859. The number of urea groups is 1. The molecule has 1 aromatic rings. The maximum absolute atomic E-state index is 12.8. The largest absolute Gasteiger partial charge is 0.340 e. The number of amides is 3. The number of likely N-dealkylation sites (tertiary alicyclic amines) is 1. The SMILES string of the molecule is CCNC(=O)N[C@@H]1CC(=O)N(CCc2ccc(F)cc2)C1. The Morgan fingerprint density at radius 3 is 2.76 bits per heavy atom. The van der Waals surface area contributed by atoms with Crippen LogP contribution in [0.1, 0.15) is 18.9 Å². The van der Waals surface area contributed by atoms with Crippen molar-refractivity contribution in [1.29, 1.82) is 0 Å². The van der Waals surface area contributed by atoms with Gasteiger partial charge in [-0.05, 0) is 31.0 Å². The second kappa shape index (κ2) is 7.06. The van der Waals surface area contributed by atoms with Crippen LogP contribution in [-0.2, 0) is 11.2 Å². The second-order valence-electron chi connectivity index (χ2n) is 5.12. The summed E-state index contributed by atoms with van der Waals surface area (Å²) in [4.78, 5) is 25.1. The summed E-state index contributed by atoms with van der Waals surface area (Å²) >= 11 is 0. The molecule has 1 aliphatic heterocycles. The lowest BCUT2D eigenvalue weighted by atomic mass is 10.1. The van der Waals surface area contributed by atoms with Crippen molar-refractivity contribution in [3.05, 3.63) is 35.6 Å². The zero-order chi connectivity index (χ0) is 15.2. The van der Waals surface area contributed by atoms with Crippen molar-refractivity contribution in [2.45, 2.75) is 25.8 Å². The second-order valence-corrected chi connectivity index (χ2v) is 5.12. The van der Waals surface area contributed by atoms with Crippen molar-refractivity contribution in [3.8, 4) is 0 Å². The molecule has 3 amide bonds. The Kier molecular flexibility index (Phi) is 5.14. The first-order valence-corrected chi connectivity index (χ1v) is 7.15. The molecule has 6 heteroatoms. The van der Waals surface area contributed by atoms with E-state index in [1.54, 1.807) is 17.0 Å². The van der Waals surface area contributed by atoms with Crippen molar-refractivity contribution in [1.82, 2.24) is 15.5 Å². The molecule has 5 nitrogen and oxygen atoms in total. The zero-order valence-electron chi connectivity index (χ0n) is 12.1. The summed E-state index contributed by atoms with van der Waals surface area (Å²) in [6, 6.07) is 5.90. The zero-order valence-corrected chi connectivity index (χ0v) is 12.1. The number of hydrogen-bond acceptors (Lipinski definition) is 2. The fourth-order valence-electron chi connectivity index (χ4n) is 2.40. The summed E-state index contributed by atoms with van der Waals surface area (Å²) < 4.78 is 12.8. The first-order chi connectivity index (χ1) is 10.1. The van der Waals surface area contributed by atoms with E-state index in [1.807, 2.05) is 6.92 Å². The first kappa shape index (κ1) is 15.3. The molecular weight excluding hydrogens is 273 g/mol. The normalized spacial score (nSPS) is 17.9. The molecule has 0 aromatic heterocycles. The lowest BCUT2D eigenvalue weighted by Gasteiger charge is -2.17. The molecule has 1 aliphatic rings. The molecule has 2 N–H and O–H groups in total. The number of nitrogens with zero attached hydrogens (tertiary/aromatic N) is 1. The highest BCUT2D eigenvalue weighted by Crippen LogP contribution is 2.12. The molecule has 0 radical (unpaired) electrons. The van der Waals surface area contributed by atoms with E-state index < -0.39 is 0 Å². The van der Waals surface area contributed by atoms with Crippen LogP contribution in [0.3, 0.4) is 0 Å². The summed E-state index contributed by atoms with van der Waals surface area (Å²) in [6.07, 6.45) is 1.01. The monoisotopic (exact) mass is 293 g/mol. The van der Waals surface area contributed by atoms with Gasteiger partial charge in [-0.3, -0.25) is 4.79 Å². The number of carbonyl (C=O) groups excluding carboxylic acids is 2. The van der Waals surface area contributed by atoms with Crippen LogP contribution in [0.25, 0.3) is 0 Å². The number of rotatable bonds is 5. The van der Waals surface area contributed by atoms with E-state index in [9.17, 15) is 14.0 Å². The van der Waals surface area contributed by atoms with Crippen LogP contribution in [0.4, 0.5) is 9.18 Å². The maximum Gasteiger partial charge on any atom is 0.315 e. The molecule has 1 aromatic carbocycles. The highest BCUT2D eigenvalue weighted by molar-refractivity contribution is 5.81. The molecule has 2 rings (SSSR count). The van der Waals surface area contributed by atoms with Crippen LogP contribution >= 0.6 is 0 Å². The van der Waals surface area contributed by atoms with Gasteiger partial charge < -0.3 is 15.5 Å². The molecule has 1 atom stereocenters. The molecule has 114 valence electrons. The fourth-order valence-corrected chi connectivity index (χ4v) is 2.40. The Morgan fingerprint density at radius 1 is 1.38 bits per heavy atom. The van der Waals surface area contributed by atoms with Crippen molar-refractivity contribution in [3.63, 3.8) is 0 Å². The van der Waals surface area contributed by atoms with Crippen molar-refractivity contribution >= 4 is 11.9 Å². The van der Waals surface area contributed by atoms with Crippen LogP contribution in [0.2, 0.25) is 0 Å². The van der Waals surface area contributed by atoms with Gasteiger partial charge in [-0.2, -0.15) is 0 Å². The molecule has 1 saturated heterocycles. The molecule has 0 spiro atoms.